The van der Waals surface area contributed by atoms with E-state index >= 15 is 0 Å². The van der Waals surface area contributed by atoms with E-state index in [0.717, 1.165) is 43.1 Å². The molecule has 1 amide bonds. The molecule has 2 heterocycles. The molecule has 1 spiro atoms. The van der Waals surface area contributed by atoms with Crippen LogP contribution in [-0.4, -0.2) is 55.2 Å². The van der Waals surface area contributed by atoms with Crippen LogP contribution < -0.4 is 10.1 Å². The van der Waals surface area contributed by atoms with Gasteiger partial charge in [0, 0.05) is 17.8 Å². The van der Waals surface area contributed by atoms with Crippen LogP contribution in [0, 0.1) is 11.2 Å². The van der Waals surface area contributed by atoms with E-state index in [1.807, 2.05) is 68.4 Å². The quantitative estimate of drug-likeness (QED) is 0.371. The van der Waals surface area contributed by atoms with Gasteiger partial charge in [-0.2, -0.15) is 4.31 Å². The third-order valence-corrected chi connectivity index (χ3v) is 10.5. The van der Waals surface area contributed by atoms with Gasteiger partial charge in [-0.3, -0.25) is 9.69 Å². The van der Waals surface area contributed by atoms with Gasteiger partial charge in [0.1, 0.15) is 18.2 Å². The summed E-state index contributed by atoms with van der Waals surface area (Å²) in [6.45, 7) is 6.48. The number of nitrogens with one attached hydrogen (secondary N) is 1. The van der Waals surface area contributed by atoms with E-state index in [9.17, 15) is 17.6 Å². The first kappa shape index (κ1) is 29.2. The first-order valence-electron chi connectivity index (χ1n) is 14.1. The van der Waals surface area contributed by atoms with Crippen LogP contribution in [0.1, 0.15) is 45.1 Å². The zero-order valence-corrected chi connectivity index (χ0v) is 24.5. The fourth-order valence-corrected chi connectivity index (χ4v) is 7.78. The highest BCUT2D eigenvalue weighted by Gasteiger charge is 2.49. The number of likely N-dealkylation sites (tertiary alicyclic amines) is 1. The van der Waals surface area contributed by atoms with Gasteiger partial charge in [0.2, 0.25) is 15.9 Å². The third kappa shape index (κ3) is 6.97. The van der Waals surface area contributed by atoms with Gasteiger partial charge in [-0.1, -0.05) is 36.4 Å². The molecule has 0 atom stereocenters. The lowest BCUT2D eigenvalue weighted by Gasteiger charge is -2.53. The van der Waals surface area contributed by atoms with E-state index in [2.05, 4.69) is 10.2 Å². The summed E-state index contributed by atoms with van der Waals surface area (Å²) in [5, 5.41) is 2.97. The lowest BCUT2D eigenvalue weighted by molar-refractivity contribution is -0.118. The van der Waals surface area contributed by atoms with Crippen LogP contribution in [-0.2, 0) is 21.4 Å². The van der Waals surface area contributed by atoms with Crippen LogP contribution in [0.2, 0.25) is 0 Å². The molecule has 2 aliphatic heterocycles. The number of sulfonamides is 1. The Hall–Kier alpha value is -3.27. The van der Waals surface area contributed by atoms with Crippen molar-refractivity contribution < 1.29 is 22.3 Å². The maximum atomic E-state index is 13.9. The predicted molar refractivity (Wildman–Crippen MR) is 158 cm³/mol. The van der Waals surface area contributed by atoms with Crippen molar-refractivity contribution in [1.82, 2.24) is 9.21 Å². The fraction of sp³-hybridized carbons (Fsp3) is 0.406. The van der Waals surface area contributed by atoms with Crippen LogP contribution in [0.25, 0.3) is 0 Å². The monoisotopic (exact) mass is 579 g/mol. The molecule has 0 unspecified atom stereocenters. The van der Waals surface area contributed by atoms with Crippen LogP contribution in [0.4, 0.5) is 10.1 Å². The van der Waals surface area contributed by atoms with E-state index in [-0.39, 0.29) is 22.8 Å². The maximum Gasteiger partial charge on any atom is 0.243 e. The summed E-state index contributed by atoms with van der Waals surface area (Å²) in [7, 11) is -3.85. The first-order valence-corrected chi connectivity index (χ1v) is 15.6. The first-order chi connectivity index (χ1) is 19.5. The lowest BCUT2D eigenvalue weighted by Crippen LogP contribution is -2.59. The Labute approximate surface area is 242 Å². The molecule has 1 N–H and O–H groups in total. The number of benzene rings is 3. The molecule has 2 fully saturated rings. The lowest BCUT2D eigenvalue weighted by atomic mass is 9.69. The Balaban J connectivity index is 1.14. The molecule has 7 nitrogen and oxygen atoms in total. The second-order valence-corrected chi connectivity index (χ2v) is 13.8. The Bertz CT molecular complexity index is 1450. The number of amides is 1. The fourth-order valence-electron chi connectivity index (χ4n) is 5.83. The number of nitrogens with zero attached hydrogens (tertiary/aromatic N) is 2. The zero-order chi connectivity index (χ0) is 29.1. The van der Waals surface area contributed by atoms with Gasteiger partial charge >= 0.3 is 0 Å². The highest BCUT2D eigenvalue weighted by Crippen LogP contribution is 2.46. The molecule has 0 bridgehead atoms. The summed E-state index contributed by atoms with van der Waals surface area (Å²) < 4.78 is 48.4. The molecule has 218 valence electrons. The summed E-state index contributed by atoms with van der Waals surface area (Å²) >= 11 is 0. The van der Waals surface area contributed by atoms with Crippen molar-refractivity contribution >= 4 is 21.6 Å². The van der Waals surface area contributed by atoms with Gasteiger partial charge in [-0.25, -0.2) is 12.8 Å². The van der Waals surface area contributed by atoms with Crippen molar-refractivity contribution in [1.29, 1.82) is 0 Å². The molecule has 9 heteroatoms. The zero-order valence-electron chi connectivity index (χ0n) is 23.7. The standard InChI is InChI=1S/C32H38FN3O4S/c1-31(2)15-16-32(24-36(31)41(38,39)29-10-6-9-26(33)21-29)17-19-35(20-18-32)22-30(37)34-27-11-13-28(14-12-27)40-23-25-7-4-3-5-8-25/h3-14,21H,15-20,22-24H2,1-2H3,(H,34,37). The number of carbonyl (C=O) groups is 1. The van der Waals surface area contributed by atoms with Crippen molar-refractivity contribution in [3.05, 3.63) is 90.2 Å². The van der Waals surface area contributed by atoms with Gasteiger partial charge in [0.15, 0.2) is 0 Å². The molecule has 0 radical (unpaired) electrons. The Morgan fingerprint density at radius 3 is 2.32 bits per heavy atom. The minimum absolute atomic E-state index is 0.00692. The summed E-state index contributed by atoms with van der Waals surface area (Å²) in [4.78, 5) is 14.9. The van der Waals surface area contributed by atoms with Gasteiger partial charge < -0.3 is 10.1 Å². The average Bonchev–Trinajstić information content (AvgIpc) is 2.96. The number of anilines is 1. The largest absolute Gasteiger partial charge is 0.489 e. The average molecular weight is 580 g/mol. The number of hydrogen-bond donors (Lipinski definition) is 1. The van der Waals surface area contributed by atoms with Gasteiger partial charge in [-0.05, 0) is 106 Å². The smallest absolute Gasteiger partial charge is 0.243 e. The van der Waals surface area contributed by atoms with E-state index in [4.69, 9.17) is 4.74 Å². The van der Waals surface area contributed by atoms with Crippen molar-refractivity contribution in [2.75, 3.05) is 31.5 Å². The van der Waals surface area contributed by atoms with Crippen molar-refractivity contribution in [2.45, 2.75) is 56.6 Å². The molecule has 3 aromatic carbocycles. The predicted octanol–water partition coefficient (Wildman–Crippen LogP) is 5.69. The van der Waals surface area contributed by atoms with Crippen molar-refractivity contribution in [2.24, 2.45) is 5.41 Å². The normalized spacial score (nSPS) is 19.1. The summed E-state index contributed by atoms with van der Waals surface area (Å²) in [5.74, 6) is 0.0887. The second-order valence-electron chi connectivity index (χ2n) is 11.9. The van der Waals surface area contributed by atoms with Crippen molar-refractivity contribution in [3.63, 3.8) is 0 Å². The van der Waals surface area contributed by atoms with Crippen LogP contribution in [0.3, 0.4) is 0 Å². The van der Waals surface area contributed by atoms with Crippen molar-refractivity contribution in [3.8, 4) is 5.75 Å². The number of hydrogen-bond acceptors (Lipinski definition) is 5. The van der Waals surface area contributed by atoms with E-state index in [1.54, 1.807) is 4.31 Å². The summed E-state index contributed by atoms with van der Waals surface area (Å²) in [5.41, 5.74) is 1.09. The Morgan fingerprint density at radius 1 is 0.927 bits per heavy atom. The molecule has 0 saturated carbocycles. The number of rotatable bonds is 8. The minimum Gasteiger partial charge on any atom is -0.489 e. The van der Waals surface area contributed by atoms with Crippen LogP contribution >= 0.6 is 0 Å². The Kier molecular flexibility index (Phi) is 8.50. The van der Waals surface area contributed by atoms with E-state index in [0.29, 0.717) is 31.9 Å². The van der Waals surface area contributed by atoms with Gasteiger partial charge in [-0.15, -0.1) is 0 Å². The summed E-state index contributed by atoms with van der Waals surface area (Å²) in [6.07, 6.45) is 3.26. The molecule has 2 saturated heterocycles. The number of halogens is 1. The third-order valence-electron chi connectivity index (χ3n) is 8.48. The number of piperidine rings is 2. The van der Waals surface area contributed by atoms with E-state index < -0.39 is 21.4 Å². The van der Waals surface area contributed by atoms with Gasteiger partial charge in [0.25, 0.3) is 0 Å². The molecule has 5 rings (SSSR count). The van der Waals surface area contributed by atoms with Gasteiger partial charge in [0.05, 0.1) is 11.4 Å². The number of carbonyl (C=O) groups excluding carboxylic acids is 1. The Morgan fingerprint density at radius 2 is 1.63 bits per heavy atom. The molecule has 41 heavy (non-hydrogen) atoms. The molecule has 3 aromatic rings. The molecule has 2 aliphatic rings. The van der Waals surface area contributed by atoms with Crippen LogP contribution in [0.15, 0.2) is 83.8 Å². The number of ether oxygens (including phenoxy) is 1. The van der Waals surface area contributed by atoms with Crippen LogP contribution in [0.5, 0.6) is 5.75 Å². The summed E-state index contributed by atoms with van der Waals surface area (Å²) in [6, 6.07) is 22.5. The second kappa shape index (κ2) is 11.9. The highest BCUT2D eigenvalue weighted by molar-refractivity contribution is 7.89. The molecule has 0 aromatic heterocycles. The topological polar surface area (TPSA) is 79.0 Å². The SMILES string of the molecule is CC1(C)CCC2(CCN(CC(=O)Nc3ccc(OCc4ccccc4)cc3)CC2)CN1S(=O)(=O)c1cccc(F)c1. The maximum absolute atomic E-state index is 13.9. The molecular formula is C32H38FN3O4S. The highest BCUT2D eigenvalue weighted by atomic mass is 32.2. The van der Waals surface area contributed by atoms with E-state index in [1.165, 1.54) is 18.2 Å². The molecular weight excluding hydrogens is 541 g/mol. The minimum atomic E-state index is -3.85. The molecule has 0 aliphatic carbocycles.